The maximum absolute atomic E-state index is 12.5. The van der Waals surface area contributed by atoms with Gasteiger partial charge in [0.25, 0.3) is 5.91 Å². The monoisotopic (exact) mass is 413 g/mol. The fourth-order valence-corrected chi connectivity index (χ4v) is 3.13. The summed E-state index contributed by atoms with van der Waals surface area (Å²) in [5.74, 6) is 0.779. The summed E-state index contributed by atoms with van der Waals surface area (Å²) < 4.78 is 5.46. The molecule has 2 N–H and O–H groups in total. The van der Waals surface area contributed by atoms with Gasteiger partial charge in [-0.25, -0.2) is 9.78 Å². The lowest BCUT2D eigenvalue weighted by Gasteiger charge is -2.22. The number of hydrogen-bond donors (Lipinski definition) is 2. The van der Waals surface area contributed by atoms with Crippen molar-refractivity contribution in [3.8, 4) is 0 Å². The number of aromatic nitrogens is 1. The molecule has 1 unspecified atom stereocenters. The highest BCUT2D eigenvalue weighted by Crippen LogP contribution is 2.23. The van der Waals surface area contributed by atoms with Crippen molar-refractivity contribution in [1.82, 2.24) is 10.3 Å². The molecule has 0 radical (unpaired) electrons. The standard InChI is InChI=1S/C19H23N3O3.2ClH/c1-3-14-7-4-8-16(21-14)22-18(23)17-12(2)10-15(25-19(17)24)13-6-5-9-20-11-13;;/h4,7-8,10,13,20H,3,5-6,9,11H2,1-2H3,(H,21,22,23);2*1H. The van der Waals surface area contributed by atoms with Crippen LogP contribution in [0.2, 0.25) is 0 Å². The number of hydrogen-bond acceptors (Lipinski definition) is 5. The average Bonchev–Trinajstić information content (AvgIpc) is 2.62. The van der Waals surface area contributed by atoms with Crippen molar-refractivity contribution in [3.05, 3.63) is 57.3 Å². The molecule has 27 heavy (non-hydrogen) atoms. The summed E-state index contributed by atoms with van der Waals surface area (Å²) in [7, 11) is 0. The molecule has 148 valence electrons. The number of amides is 1. The molecular weight excluding hydrogens is 389 g/mol. The van der Waals surface area contributed by atoms with Gasteiger partial charge in [0.05, 0.1) is 0 Å². The van der Waals surface area contributed by atoms with E-state index in [9.17, 15) is 9.59 Å². The molecule has 3 rings (SSSR count). The third kappa shape index (κ3) is 5.54. The van der Waals surface area contributed by atoms with Crippen molar-refractivity contribution in [2.24, 2.45) is 0 Å². The smallest absolute Gasteiger partial charge is 0.349 e. The van der Waals surface area contributed by atoms with Crippen molar-refractivity contribution >= 4 is 36.5 Å². The van der Waals surface area contributed by atoms with E-state index in [1.165, 1.54) is 0 Å². The van der Waals surface area contributed by atoms with E-state index < -0.39 is 11.5 Å². The molecule has 1 atom stereocenters. The van der Waals surface area contributed by atoms with Gasteiger partial charge in [0, 0.05) is 18.2 Å². The first-order chi connectivity index (χ1) is 12.1. The summed E-state index contributed by atoms with van der Waals surface area (Å²) >= 11 is 0. The van der Waals surface area contributed by atoms with Crippen molar-refractivity contribution in [3.63, 3.8) is 0 Å². The van der Waals surface area contributed by atoms with E-state index in [2.05, 4.69) is 15.6 Å². The number of pyridine rings is 1. The van der Waals surface area contributed by atoms with Gasteiger partial charge in [-0.3, -0.25) is 4.79 Å². The van der Waals surface area contributed by atoms with Crippen LogP contribution in [0.1, 0.15) is 53.1 Å². The second kappa shape index (κ2) is 10.4. The lowest BCUT2D eigenvalue weighted by molar-refractivity contribution is 0.102. The van der Waals surface area contributed by atoms with Gasteiger partial charge in [-0.15, -0.1) is 24.8 Å². The van der Waals surface area contributed by atoms with Crippen molar-refractivity contribution in [2.45, 2.75) is 39.0 Å². The van der Waals surface area contributed by atoms with Gasteiger partial charge in [0.1, 0.15) is 17.1 Å². The molecular formula is C19H25Cl2N3O3. The number of aryl methyl sites for hydroxylation is 2. The molecule has 1 fully saturated rings. The number of carbonyl (C=O) groups is 1. The lowest BCUT2D eigenvalue weighted by Crippen LogP contribution is -2.30. The van der Waals surface area contributed by atoms with E-state index in [4.69, 9.17) is 4.42 Å². The number of nitrogens with one attached hydrogen (secondary N) is 2. The average molecular weight is 414 g/mol. The topological polar surface area (TPSA) is 84.2 Å². The van der Waals surface area contributed by atoms with Crippen LogP contribution in [0.3, 0.4) is 0 Å². The molecule has 6 nitrogen and oxygen atoms in total. The molecule has 0 saturated carbocycles. The lowest BCUT2D eigenvalue weighted by atomic mass is 9.95. The maximum atomic E-state index is 12.5. The third-order valence-corrected chi connectivity index (χ3v) is 4.50. The zero-order chi connectivity index (χ0) is 17.8. The Morgan fingerprint density at radius 1 is 1.37 bits per heavy atom. The molecule has 0 aliphatic carbocycles. The second-order valence-electron chi connectivity index (χ2n) is 6.36. The van der Waals surface area contributed by atoms with E-state index in [-0.39, 0.29) is 36.3 Å². The first kappa shape index (κ1) is 23.1. The van der Waals surface area contributed by atoms with Gasteiger partial charge in [0.15, 0.2) is 0 Å². The summed E-state index contributed by atoms with van der Waals surface area (Å²) in [6.45, 7) is 5.54. The Bertz CT molecular complexity index is 833. The van der Waals surface area contributed by atoms with Gasteiger partial charge < -0.3 is 15.1 Å². The van der Waals surface area contributed by atoms with Crippen LogP contribution in [-0.2, 0) is 6.42 Å². The molecule has 1 aliphatic heterocycles. The number of rotatable bonds is 4. The Hall–Kier alpha value is -1.89. The van der Waals surface area contributed by atoms with Gasteiger partial charge >= 0.3 is 5.63 Å². The molecule has 3 heterocycles. The molecule has 1 amide bonds. The van der Waals surface area contributed by atoms with Crippen LogP contribution in [0.25, 0.3) is 0 Å². The third-order valence-electron chi connectivity index (χ3n) is 4.50. The molecule has 8 heteroatoms. The van der Waals surface area contributed by atoms with Crippen molar-refractivity contribution in [2.75, 3.05) is 18.4 Å². The molecule has 1 aliphatic rings. The predicted octanol–water partition coefficient (Wildman–Crippen LogP) is 3.47. The van der Waals surface area contributed by atoms with Crippen LogP contribution >= 0.6 is 24.8 Å². The van der Waals surface area contributed by atoms with E-state index in [0.717, 1.165) is 38.0 Å². The minimum atomic E-state index is -0.593. The Morgan fingerprint density at radius 3 is 2.78 bits per heavy atom. The predicted molar refractivity (Wildman–Crippen MR) is 111 cm³/mol. The first-order valence-corrected chi connectivity index (χ1v) is 8.71. The second-order valence-corrected chi connectivity index (χ2v) is 6.36. The van der Waals surface area contributed by atoms with Crippen LogP contribution in [0.5, 0.6) is 0 Å². The SMILES string of the molecule is CCc1cccc(NC(=O)c2c(C)cc(C3CCCNC3)oc2=O)n1.Cl.Cl. The summed E-state index contributed by atoms with van der Waals surface area (Å²) in [5, 5.41) is 5.99. The summed E-state index contributed by atoms with van der Waals surface area (Å²) in [6, 6.07) is 7.23. The minimum Gasteiger partial charge on any atom is -0.427 e. The number of halogens is 2. The fraction of sp³-hybridized carbons (Fsp3) is 0.421. The number of nitrogens with zero attached hydrogens (tertiary/aromatic N) is 1. The van der Waals surface area contributed by atoms with Gasteiger partial charge in [0.2, 0.25) is 0 Å². The van der Waals surface area contributed by atoms with E-state index in [1.807, 2.05) is 25.1 Å². The van der Waals surface area contributed by atoms with Gasteiger partial charge in [-0.2, -0.15) is 0 Å². The quantitative estimate of drug-likeness (QED) is 0.801. The molecule has 2 aromatic rings. The molecule has 1 saturated heterocycles. The molecule has 2 aromatic heterocycles. The summed E-state index contributed by atoms with van der Waals surface area (Å²) in [5.41, 5.74) is 0.948. The van der Waals surface area contributed by atoms with Crippen LogP contribution in [0.4, 0.5) is 5.82 Å². The zero-order valence-electron chi connectivity index (χ0n) is 15.4. The largest absolute Gasteiger partial charge is 0.427 e. The van der Waals surface area contributed by atoms with Crippen LogP contribution in [-0.4, -0.2) is 24.0 Å². The van der Waals surface area contributed by atoms with Crippen molar-refractivity contribution < 1.29 is 9.21 Å². The summed E-state index contributed by atoms with van der Waals surface area (Å²) in [6.07, 6.45) is 2.80. The minimum absolute atomic E-state index is 0. The highest BCUT2D eigenvalue weighted by molar-refractivity contribution is 6.04. The van der Waals surface area contributed by atoms with Crippen molar-refractivity contribution in [1.29, 1.82) is 0 Å². The van der Waals surface area contributed by atoms with Gasteiger partial charge in [-0.1, -0.05) is 13.0 Å². The van der Waals surface area contributed by atoms with E-state index >= 15 is 0 Å². The van der Waals surface area contributed by atoms with Gasteiger partial charge in [-0.05, 0) is 56.5 Å². The Labute approximate surface area is 171 Å². The molecule has 0 spiro atoms. The Balaban J connectivity index is 0.00000182. The van der Waals surface area contributed by atoms with E-state index in [1.54, 1.807) is 13.0 Å². The molecule has 0 aromatic carbocycles. The van der Waals surface area contributed by atoms with Crippen LogP contribution in [0.15, 0.2) is 33.5 Å². The number of carbonyl (C=O) groups excluding carboxylic acids is 1. The fourth-order valence-electron chi connectivity index (χ4n) is 3.13. The Morgan fingerprint density at radius 2 is 2.15 bits per heavy atom. The highest BCUT2D eigenvalue weighted by Gasteiger charge is 2.22. The maximum Gasteiger partial charge on any atom is 0.349 e. The number of anilines is 1. The number of piperidine rings is 1. The normalized spacial score (nSPS) is 16.0. The van der Waals surface area contributed by atoms with E-state index in [0.29, 0.717) is 17.1 Å². The summed E-state index contributed by atoms with van der Waals surface area (Å²) in [4.78, 5) is 29.2. The Kier molecular flexibility index (Phi) is 8.96. The highest BCUT2D eigenvalue weighted by atomic mass is 35.5. The van der Waals surface area contributed by atoms with Crippen LogP contribution < -0.4 is 16.3 Å². The first-order valence-electron chi connectivity index (χ1n) is 8.71. The van der Waals surface area contributed by atoms with Crippen LogP contribution in [0, 0.1) is 6.92 Å². The molecule has 0 bridgehead atoms. The zero-order valence-corrected chi connectivity index (χ0v) is 17.0.